The number of anilines is 4. The summed E-state index contributed by atoms with van der Waals surface area (Å²) in [5.74, 6) is 0.587. The molecule has 0 aliphatic carbocycles. The molecule has 0 atom stereocenters. The smallest absolute Gasteiger partial charge is 0.228 e. The maximum atomic E-state index is 5.93. The van der Waals surface area contributed by atoms with E-state index in [9.17, 15) is 0 Å². The van der Waals surface area contributed by atoms with Crippen LogP contribution < -0.4 is 16.0 Å². The topological polar surface area (TPSA) is 76.3 Å². The lowest BCUT2D eigenvalue weighted by Gasteiger charge is -2.28. The maximum absolute atomic E-state index is 5.93. The monoisotopic (exact) mass is 467 g/mol. The second kappa shape index (κ2) is 13.7. The molecule has 0 spiro atoms. The van der Waals surface area contributed by atoms with E-state index < -0.39 is 0 Å². The minimum atomic E-state index is 0.587. The van der Waals surface area contributed by atoms with E-state index in [1.54, 1.807) is 11.8 Å². The number of hydrogen-bond acceptors (Lipinski definition) is 7. The summed E-state index contributed by atoms with van der Waals surface area (Å²) < 4.78 is 5.42. The number of rotatable bonds is 5. The van der Waals surface area contributed by atoms with Crippen molar-refractivity contribution in [3.8, 4) is 0 Å². The van der Waals surface area contributed by atoms with Gasteiger partial charge in [0.1, 0.15) is 5.03 Å². The number of nitrogens with two attached hydrogens (primary N) is 1. The van der Waals surface area contributed by atoms with Crippen LogP contribution in [0.1, 0.15) is 38.8 Å². The number of aromatic nitrogens is 2. The number of aryl methyl sites for hydroxylation is 2. The molecule has 1 aromatic heterocycles. The van der Waals surface area contributed by atoms with Gasteiger partial charge in [-0.3, -0.25) is 0 Å². The van der Waals surface area contributed by atoms with Crippen molar-refractivity contribution in [1.29, 1.82) is 0 Å². The minimum absolute atomic E-state index is 0.587. The molecule has 0 saturated carbocycles. The summed E-state index contributed by atoms with van der Waals surface area (Å²) in [5, 5.41) is 4.24. The van der Waals surface area contributed by atoms with Crippen LogP contribution in [0.5, 0.6) is 0 Å². The highest BCUT2D eigenvalue weighted by molar-refractivity contribution is 7.99. The van der Waals surface area contributed by atoms with Crippen molar-refractivity contribution in [2.75, 3.05) is 42.3 Å². The number of nitrogens with zero attached hydrogens (tertiary/aromatic N) is 3. The fraction of sp³-hybridized carbons (Fsp3) is 0.385. The van der Waals surface area contributed by atoms with Gasteiger partial charge in [0.25, 0.3) is 0 Å². The molecule has 0 bridgehead atoms. The summed E-state index contributed by atoms with van der Waals surface area (Å²) in [7, 11) is 0. The number of ether oxygens (including phenoxy) is 1. The van der Waals surface area contributed by atoms with E-state index in [1.807, 2.05) is 59.9 Å². The maximum Gasteiger partial charge on any atom is 0.228 e. The highest BCUT2D eigenvalue weighted by atomic mass is 32.2. The Morgan fingerprint density at radius 3 is 2.24 bits per heavy atom. The molecular formula is C26H37N5OS. The quantitative estimate of drug-likeness (QED) is 0.329. The van der Waals surface area contributed by atoms with E-state index in [-0.39, 0.29) is 0 Å². The highest BCUT2D eigenvalue weighted by Gasteiger charge is 2.11. The highest BCUT2D eigenvalue weighted by Crippen LogP contribution is 2.31. The van der Waals surface area contributed by atoms with Gasteiger partial charge in [0, 0.05) is 46.8 Å². The summed E-state index contributed by atoms with van der Waals surface area (Å²) in [6.45, 7) is 15.5. The Morgan fingerprint density at radius 2 is 1.61 bits per heavy atom. The van der Waals surface area contributed by atoms with Crippen LogP contribution in [0.3, 0.4) is 0 Å². The first kappa shape index (κ1) is 26.5. The van der Waals surface area contributed by atoms with Crippen LogP contribution >= 0.6 is 11.8 Å². The Morgan fingerprint density at radius 1 is 0.939 bits per heavy atom. The summed E-state index contributed by atoms with van der Waals surface area (Å²) >= 11 is 1.62. The zero-order valence-electron chi connectivity index (χ0n) is 20.7. The SMILES string of the molecule is CC.CC.Cc1cc(Sc2nc(Nc3ccc(N4CCOCC4)cc3)ncc2C)ccc1N. The molecule has 1 fully saturated rings. The fourth-order valence-electron chi connectivity index (χ4n) is 3.12. The van der Waals surface area contributed by atoms with E-state index >= 15 is 0 Å². The van der Waals surface area contributed by atoms with Gasteiger partial charge in [-0.25, -0.2) is 9.97 Å². The summed E-state index contributed by atoms with van der Waals surface area (Å²) in [6, 6.07) is 14.4. The number of nitrogen functional groups attached to an aromatic ring is 1. The zero-order chi connectivity index (χ0) is 24.2. The van der Waals surface area contributed by atoms with Crippen LogP contribution in [-0.2, 0) is 4.74 Å². The van der Waals surface area contributed by atoms with E-state index in [0.29, 0.717) is 5.95 Å². The lowest BCUT2D eigenvalue weighted by molar-refractivity contribution is 0.122. The summed E-state index contributed by atoms with van der Waals surface area (Å²) in [5.41, 5.74) is 11.0. The molecule has 7 heteroatoms. The van der Waals surface area contributed by atoms with E-state index in [4.69, 9.17) is 15.5 Å². The number of hydrogen-bond donors (Lipinski definition) is 2. The van der Waals surface area contributed by atoms with Gasteiger partial charge < -0.3 is 20.7 Å². The van der Waals surface area contributed by atoms with Gasteiger partial charge in [0.05, 0.1) is 13.2 Å². The molecule has 6 nitrogen and oxygen atoms in total. The lowest BCUT2D eigenvalue weighted by Crippen LogP contribution is -2.36. The van der Waals surface area contributed by atoms with Crippen molar-refractivity contribution in [3.63, 3.8) is 0 Å². The Hall–Kier alpha value is -2.77. The van der Waals surface area contributed by atoms with Crippen molar-refractivity contribution < 1.29 is 4.74 Å². The molecule has 3 aromatic rings. The molecule has 0 radical (unpaired) electrons. The van der Waals surface area contributed by atoms with Gasteiger partial charge in [-0.1, -0.05) is 39.5 Å². The molecule has 1 aliphatic rings. The van der Waals surface area contributed by atoms with Gasteiger partial charge in [0.2, 0.25) is 5.95 Å². The molecule has 33 heavy (non-hydrogen) atoms. The molecule has 1 saturated heterocycles. The predicted octanol–water partition coefficient (Wildman–Crippen LogP) is 6.46. The van der Waals surface area contributed by atoms with Gasteiger partial charge in [-0.15, -0.1) is 0 Å². The van der Waals surface area contributed by atoms with Crippen molar-refractivity contribution in [1.82, 2.24) is 9.97 Å². The fourth-order valence-corrected chi connectivity index (χ4v) is 4.06. The summed E-state index contributed by atoms with van der Waals surface area (Å²) in [6.07, 6.45) is 1.85. The largest absolute Gasteiger partial charge is 0.399 e. The Bertz CT molecular complexity index is 988. The van der Waals surface area contributed by atoms with Gasteiger partial charge >= 0.3 is 0 Å². The van der Waals surface area contributed by atoms with Crippen LogP contribution in [0.15, 0.2) is 58.6 Å². The zero-order valence-corrected chi connectivity index (χ0v) is 21.5. The molecule has 0 unspecified atom stereocenters. The average molecular weight is 468 g/mol. The standard InChI is InChI=1S/C22H25N5OS.2C2H6/c1-15-13-19(7-8-20(15)23)29-21-16(2)14-24-22(26-21)25-17-3-5-18(6-4-17)27-9-11-28-12-10-27;2*1-2/h3-8,13-14H,9-12,23H2,1-2H3,(H,24,25,26);2*1-2H3. The molecule has 3 N–H and O–H groups in total. The third-order valence-electron chi connectivity index (χ3n) is 4.88. The lowest BCUT2D eigenvalue weighted by atomic mass is 10.2. The number of nitrogens with one attached hydrogen (secondary N) is 1. The summed E-state index contributed by atoms with van der Waals surface area (Å²) in [4.78, 5) is 12.6. The predicted molar refractivity (Wildman–Crippen MR) is 142 cm³/mol. The normalized spacial score (nSPS) is 12.7. The second-order valence-corrected chi connectivity index (χ2v) is 8.14. The van der Waals surface area contributed by atoms with Crippen molar-refractivity contribution in [2.45, 2.75) is 51.5 Å². The van der Waals surface area contributed by atoms with Crippen LogP contribution in [0, 0.1) is 13.8 Å². The van der Waals surface area contributed by atoms with Crippen molar-refractivity contribution in [3.05, 3.63) is 59.8 Å². The Kier molecular flexibility index (Phi) is 11.0. The third-order valence-corrected chi connectivity index (χ3v) is 5.98. The first-order valence-electron chi connectivity index (χ1n) is 11.7. The van der Waals surface area contributed by atoms with Crippen molar-refractivity contribution >= 4 is 34.8 Å². The van der Waals surface area contributed by atoms with Gasteiger partial charge in [-0.2, -0.15) is 0 Å². The molecule has 1 aliphatic heterocycles. The van der Waals surface area contributed by atoms with Crippen LogP contribution in [-0.4, -0.2) is 36.3 Å². The number of morpholine rings is 1. The average Bonchev–Trinajstić information content (AvgIpc) is 2.87. The molecular weight excluding hydrogens is 430 g/mol. The number of benzene rings is 2. The second-order valence-electron chi connectivity index (χ2n) is 7.07. The Balaban J connectivity index is 0.000000914. The Labute approximate surface area is 203 Å². The van der Waals surface area contributed by atoms with Crippen LogP contribution in [0.2, 0.25) is 0 Å². The molecule has 178 valence electrons. The van der Waals surface area contributed by atoms with Crippen LogP contribution in [0.25, 0.3) is 0 Å². The first-order valence-corrected chi connectivity index (χ1v) is 12.5. The molecule has 0 amide bonds. The van der Waals surface area contributed by atoms with E-state index in [0.717, 1.165) is 58.7 Å². The molecule has 4 rings (SSSR count). The van der Waals surface area contributed by atoms with Crippen molar-refractivity contribution in [2.24, 2.45) is 0 Å². The van der Waals surface area contributed by atoms with E-state index in [2.05, 4.69) is 45.5 Å². The molecule has 2 aromatic carbocycles. The van der Waals surface area contributed by atoms with Gasteiger partial charge in [-0.05, 0) is 61.9 Å². The van der Waals surface area contributed by atoms with E-state index in [1.165, 1.54) is 5.69 Å². The minimum Gasteiger partial charge on any atom is -0.399 e. The third kappa shape index (κ3) is 7.65. The van der Waals surface area contributed by atoms with Crippen LogP contribution in [0.4, 0.5) is 23.0 Å². The first-order chi connectivity index (χ1) is 16.1. The molecule has 2 heterocycles. The van der Waals surface area contributed by atoms with Gasteiger partial charge in [0.15, 0.2) is 0 Å².